The van der Waals surface area contributed by atoms with E-state index < -0.39 is 7.67 Å². The molecule has 1 unspecified atom stereocenters. The fraction of sp³-hybridized carbons (Fsp3) is 0.700. The number of hydrogen-bond donors (Lipinski definition) is 2. The van der Waals surface area contributed by atoms with Crippen LogP contribution in [0.3, 0.4) is 0 Å². The van der Waals surface area contributed by atoms with Crippen molar-refractivity contribution in [3.63, 3.8) is 0 Å². The van der Waals surface area contributed by atoms with Crippen molar-refractivity contribution < 1.29 is 18.6 Å². The zero-order chi connectivity index (χ0) is 13.2. The smallest absolute Gasteiger partial charge is 0.378 e. The summed E-state index contributed by atoms with van der Waals surface area (Å²) in [6.07, 6.45) is 0. The van der Waals surface area contributed by atoms with Crippen molar-refractivity contribution in [1.29, 1.82) is 0 Å². The first kappa shape index (κ1) is 13.4. The van der Waals surface area contributed by atoms with Crippen LogP contribution in [0.4, 0.5) is 0 Å². The molecule has 0 radical (unpaired) electrons. The van der Waals surface area contributed by atoms with E-state index >= 15 is 0 Å². The van der Waals surface area contributed by atoms with Crippen molar-refractivity contribution in [3.8, 4) is 0 Å². The fourth-order valence-corrected chi connectivity index (χ4v) is 3.54. The number of morpholine rings is 1. The second-order valence-corrected chi connectivity index (χ2v) is 5.90. The van der Waals surface area contributed by atoms with Crippen LogP contribution >= 0.6 is 7.67 Å². The number of allylic oxidation sites excluding steroid dienone is 1. The van der Waals surface area contributed by atoms with Gasteiger partial charge in [-0.3, -0.25) is 14.4 Å². The molecule has 102 valence electrons. The molecule has 0 saturated carbocycles. The summed E-state index contributed by atoms with van der Waals surface area (Å²) >= 11 is 0. The lowest BCUT2D eigenvalue weighted by atomic mass is 10.2. The van der Waals surface area contributed by atoms with Crippen LogP contribution in [0.15, 0.2) is 11.4 Å². The van der Waals surface area contributed by atoms with Crippen LogP contribution < -0.4 is 10.2 Å². The van der Waals surface area contributed by atoms with Gasteiger partial charge in [-0.25, -0.2) is 4.57 Å². The zero-order valence-electron chi connectivity index (χ0n) is 10.6. The second-order valence-electron chi connectivity index (χ2n) is 4.10. The molecule has 2 rings (SSSR count). The van der Waals surface area contributed by atoms with Crippen molar-refractivity contribution in [3.05, 3.63) is 11.4 Å². The van der Waals surface area contributed by atoms with Crippen LogP contribution in [0.2, 0.25) is 0 Å². The van der Waals surface area contributed by atoms with Crippen LogP contribution in [0.5, 0.6) is 0 Å². The highest BCUT2D eigenvalue weighted by Crippen LogP contribution is 2.42. The largest absolute Gasteiger partial charge is 0.394 e. The van der Waals surface area contributed by atoms with E-state index in [-0.39, 0.29) is 12.5 Å². The minimum absolute atomic E-state index is 0.269. The molecule has 1 saturated heterocycles. The van der Waals surface area contributed by atoms with Crippen molar-refractivity contribution >= 4 is 13.6 Å². The average Bonchev–Trinajstić information content (AvgIpc) is 2.28. The standard InChI is InChI=1S/C10H18N3O4P/c1-3-17-18(15)11-8(2)9(10(14)12-18)13-4-6-16-7-5-13/h3-7H2,1-2H3,(H2,11,12,14,15). The summed E-state index contributed by atoms with van der Waals surface area (Å²) in [6.45, 7) is 6.21. The summed E-state index contributed by atoms with van der Waals surface area (Å²) in [7, 11) is -3.28. The summed E-state index contributed by atoms with van der Waals surface area (Å²) < 4.78 is 22.5. The molecule has 2 N–H and O–H groups in total. The number of carbonyl (C=O) groups is 1. The number of rotatable bonds is 3. The van der Waals surface area contributed by atoms with Gasteiger partial charge >= 0.3 is 7.67 Å². The molecular weight excluding hydrogens is 257 g/mol. The lowest BCUT2D eigenvalue weighted by molar-refractivity contribution is -0.118. The van der Waals surface area contributed by atoms with E-state index in [9.17, 15) is 9.36 Å². The molecule has 2 aliphatic rings. The zero-order valence-corrected chi connectivity index (χ0v) is 11.5. The number of amides is 1. The predicted octanol–water partition coefficient (Wildman–Crippen LogP) is 0.414. The van der Waals surface area contributed by atoms with Gasteiger partial charge in [0.1, 0.15) is 5.70 Å². The van der Waals surface area contributed by atoms with E-state index in [4.69, 9.17) is 9.26 Å². The van der Waals surface area contributed by atoms with Gasteiger partial charge in [-0.15, -0.1) is 0 Å². The van der Waals surface area contributed by atoms with E-state index in [1.54, 1.807) is 13.8 Å². The van der Waals surface area contributed by atoms with Gasteiger partial charge in [0.05, 0.1) is 19.8 Å². The van der Waals surface area contributed by atoms with Crippen molar-refractivity contribution in [2.75, 3.05) is 32.9 Å². The highest BCUT2D eigenvalue weighted by Gasteiger charge is 2.36. The summed E-state index contributed by atoms with van der Waals surface area (Å²) in [5.41, 5.74) is 1.10. The molecule has 7 nitrogen and oxygen atoms in total. The maximum absolute atomic E-state index is 12.1. The van der Waals surface area contributed by atoms with Gasteiger partial charge in [0, 0.05) is 18.8 Å². The van der Waals surface area contributed by atoms with Crippen molar-refractivity contribution in [2.24, 2.45) is 0 Å². The lowest BCUT2D eigenvalue weighted by Crippen LogP contribution is -2.46. The normalized spacial score (nSPS) is 29.0. The van der Waals surface area contributed by atoms with E-state index in [0.717, 1.165) is 0 Å². The molecular formula is C10H18N3O4P. The molecule has 0 aromatic carbocycles. The molecule has 0 aromatic rings. The monoisotopic (exact) mass is 275 g/mol. The first-order valence-electron chi connectivity index (χ1n) is 5.95. The second kappa shape index (κ2) is 5.30. The molecule has 8 heteroatoms. The summed E-state index contributed by atoms with van der Waals surface area (Å²) in [4.78, 5) is 14.0. The molecule has 0 spiro atoms. The van der Waals surface area contributed by atoms with Crippen molar-refractivity contribution in [1.82, 2.24) is 15.1 Å². The molecule has 18 heavy (non-hydrogen) atoms. The molecule has 0 aromatic heterocycles. The van der Waals surface area contributed by atoms with Gasteiger partial charge in [0.15, 0.2) is 0 Å². The van der Waals surface area contributed by atoms with Crippen LogP contribution in [0.25, 0.3) is 0 Å². The quantitative estimate of drug-likeness (QED) is 0.726. The number of nitrogens with one attached hydrogen (secondary N) is 2. The minimum atomic E-state index is -3.28. The van der Waals surface area contributed by atoms with E-state index in [1.807, 2.05) is 4.90 Å². The van der Waals surface area contributed by atoms with Gasteiger partial charge < -0.3 is 14.7 Å². The van der Waals surface area contributed by atoms with E-state index in [1.165, 1.54) is 0 Å². The number of hydrogen-bond acceptors (Lipinski definition) is 5. The third-order valence-electron chi connectivity index (χ3n) is 2.77. The van der Waals surface area contributed by atoms with Gasteiger partial charge in [0.2, 0.25) is 0 Å². The summed E-state index contributed by atoms with van der Waals surface area (Å²) in [6, 6.07) is 0. The van der Waals surface area contributed by atoms with E-state index in [0.29, 0.717) is 37.7 Å². The average molecular weight is 275 g/mol. The third-order valence-corrected chi connectivity index (χ3v) is 4.52. The topological polar surface area (TPSA) is 79.9 Å². The Hall–Kier alpha value is -1.04. The molecule has 2 heterocycles. The molecule has 2 aliphatic heterocycles. The Bertz CT molecular complexity index is 417. The Labute approximate surface area is 106 Å². The molecule has 1 atom stereocenters. The maximum atomic E-state index is 12.1. The maximum Gasteiger partial charge on any atom is 0.394 e. The van der Waals surface area contributed by atoms with Gasteiger partial charge in [-0.05, 0) is 13.8 Å². The Morgan fingerprint density at radius 2 is 2.06 bits per heavy atom. The Morgan fingerprint density at radius 1 is 1.39 bits per heavy atom. The Balaban J connectivity index is 2.20. The van der Waals surface area contributed by atoms with Gasteiger partial charge in [-0.2, -0.15) is 0 Å². The molecule has 1 amide bonds. The first-order valence-corrected chi connectivity index (χ1v) is 7.57. The SMILES string of the molecule is CCOP1(=O)NC(=O)C(N2CCOCC2)=C(C)N1. The van der Waals surface area contributed by atoms with Crippen LogP contribution in [0.1, 0.15) is 13.8 Å². The number of ether oxygens (including phenoxy) is 1. The highest BCUT2D eigenvalue weighted by atomic mass is 31.2. The van der Waals surface area contributed by atoms with Gasteiger partial charge in [-0.1, -0.05) is 0 Å². The minimum Gasteiger partial charge on any atom is -0.378 e. The predicted molar refractivity (Wildman–Crippen MR) is 65.6 cm³/mol. The summed E-state index contributed by atoms with van der Waals surface area (Å²) in [5, 5.41) is 5.18. The van der Waals surface area contributed by atoms with Crippen LogP contribution in [0, 0.1) is 0 Å². The molecule has 0 aliphatic carbocycles. The van der Waals surface area contributed by atoms with E-state index in [2.05, 4.69) is 10.2 Å². The van der Waals surface area contributed by atoms with Gasteiger partial charge in [0.25, 0.3) is 5.91 Å². The van der Waals surface area contributed by atoms with Crippen LogP contribution in [-0.4, -0.2) is 43.7 Å². The molecule has 0 bridgehead atoms. The molecule has 1 fully saturated rings. The Morgan fingerprint density at radius 3 is 2.61 bits per heavy atom. The Kier molecular flexibility index (Phi) is 3.94. The van der Waals surface area contributed by atoms with Crippen LogP contribution in [-0.2, 0) is 18.6 Å². The van der Waals surface area contributed by atoms with Crippen molar-refractivity contribution in [2.45, 2.75) is 13.8 Å². The lowest BCUT2D eigenvalue weighted by Gasteiger charge is -2.35. The number of nitrogens with zero attached hydrogens (tertiary/aromatic N) is 1. The fourth-order valence-electron chi connectivity index (χ4n) is 2.07. The summed E-state index contributed by atoms with van der Waals surface area (Å²) in [5.74, 6) is -0.357. The highest BCUT2D eigenvalue weighted by molar-refractivity contribution is 7.55. The number of carbonyl (C=O) groups excluding carboxylic acids is 1. The third kappa shape index (κ3) is 2.68. The first-order chi connectivity index (χ1) is 8.56.